The van der Waals surface area contributed by atoms with Gasteiger partial charge in [-0.05, 0) is 38.1 Å². The quantitative estimate of drug-likeness (QED) is 0.312. The van der Waals surface area contributed by atoms with Gasteiger partial charge in [-0.25, -0.2) is 4.39 Å². The van der Waals surface area contributed by atoms with Gasteiger partial charge in [0, 0.05) is 19.2 Å². The summed E-state index contributed by atoms with van der Waals surface area (Å²) in [5.41, 5.74) is 7.48. The van der Waals surface area contributed by atoms with Crippen molar-refractivity contribution < 1.29 is 13.9 Å². The van der Waals surface area contributed by atoms with E-state index in [1.54, 1.807) is 0 Å². The van der Waals surface area contributed by atoms with Crippen LogP contribution in [0.3, 0.4) is 0 Å². The lowest BCUT2D eigenvalue weighted by atomic mass is 10.1. The molecular weight excluding hydrogens is 273 g/mol. The summed E-state index contributed by atoms with van der Waals surface area (Å²) in [6.45, 7) is 3.79. The second-order valence-corrected chi connectivity index (χ2v) is 4.66. The molecule has 5 nitrogen and oxygen atoms in total. The van der Waals surface area contributed by atoms with Crippen LogP contribution in [0.1, 0.15) is 24.9 Å². The molecule has 1 rings (SSSR count). The Morgan fingerprint density at radius 2 is 2.14 bits per heavy atom. The van der Waals surface area contributed by atoms with E-state index >= 15 is 0 Å². The van der Waals surface area contributed by atoms with E-state index in [1.807, 2.05) is 31.3 Å². The van der Waals surface area contributed by atoms with Crippen molar-refractivity contribution in [2.75, 3.05) is 40.2 Å². The molecule has 0 amide bonds. The van der Waals surface area contributed by atoms with Gasteiger partial charge in [-0.2, -0.15) is 0 Å². The summed E-state index contributed by atoms with van der Waals surface area (Å²) < 4.78 is 22.7. The maximum Gasteiger partial charge on any atom is 0.123 e. The highest BCUT2D eigenvalue weighted by Gasteiger charge is 2.05. The van der Waals surface area contributed by atoms with Gasteiger partial charge < -0.3 is 9.47 Å². The highest BCUT2D eigenvalue weighted by atomic mass is 19.1. The van der Waals surface area contributed by atoms with Crippen LogP contribution in [0.15, 0.2) is 24.3 Å². The molecule has 0 saturated heterocycles. The molecular formula is C15H26FN3O2. The number of alkyl halides is 1. The van der Waals surface area contributed by atoms with E-state index in [4.69, 9.17) is 9.47 Å². The maximum absolute atomic E-state index is 12.1. The number of hydrogen-bond donors (Lipinski definition) is 3. The summed E-state index contributed by atoms with van der Waals surface area (Å²) in [5, 5.41) is 2.92. The average Bonchev–Trinajstić information content (AvgIpc) is 2.52. The van der Waals surface area contributed by atoms with Crippen molar-refractivity contribution in [2.24, 2.45) is 0 Å². The number of nitrogens with one attached hydrogen (secondary N) is 3. The predicted octanol–water partition coefficient (Wildman–Crippen LogP) is 1.77. The standard InChI is InChI=1S/C15H26FN3O2/c1-13(19-18-8-4-9-20-12-17-2)14-5-3-6-15(11-14)21-10-7-16/h3,5-6,11,13,17-19H,4,7-10,12H2,1-2H3. The minimum atomic E-state index is -0.477. The molecule has 0 spiro atoms. The Morgan fingerprint density at radius 3 is 2.90 bits per heavy atom. The molecule has 0 heterocycles. The number of hydrogen-bond acceptors (Lipinski definition) is 5. The second-order valence-electron chi connectivity index (χ2n) is 4.66. The number of halogens is 1. The minimum Gasteiger partial charge on any atom is -0.491 e. The van der Waals surface area contributed by atoms with Crippen molar-refractivity contribution in [2.45, 2.75) is 19.4 Å². The van der Waals surface area contributed by atoms with Crippen molar-refractivity contribution in [1.82, 2.24) is 16.2 Å². The largest absolute Gasteiger partial charge is 0.491 e. The van der Waals surface area contributed by atoms with Crippen molar-refractivity contribution in [1.29, 1.82) is 0 Å². The third-order valence-electron chi connectivity index (χ3n) is 2.86. The lowest BCUT2D eigenvalue weighted by molar-refractivity contribution is 0.118. The Bertz CT molecular complexity index is 380. The minimum absolute atomic E-state index is 0.0934. The van der Waals surface area contributed by atoms with Gasteiger partial charge in [-0.15, -0.1) is 0 Å². The molecule has 0 saturated carbocycles. The highest BCUT2D eigenvalue weighted by Crippen LogP contribution is 2.18. The van der Waals surface area contributed by atoms with Gasteiger partial charge in [0.1, 0.15) is 19.0 Å². The molecule has 1 atom stereocenters. The fraction of sp³-hybridized carbons (Fsp3) is 0.600. The topological polar surface area (TPSA) is 54.5 Å². The molecule has 1 aromatic rings. The van der Waals surface area contributed by atoms with Gasteiger partial charge >= 0.3 is 0 Å². The summed E-state index contributed by atoms with van der Waals surface area (Å²) >= 11 is 0. The molecule has 3 N–H and O–H groups in total. The Morgan fingerprint density at radius 1 is 1.29 bits per heavy atom. The van der Waals surface area contributed by atoms with E-state index in [0.717, 1.165) is 25.1 Å². The van der Waals surface area contributed by atoms with Crippen molar-refractivity contribution in [3.05, 3.63) is 29.8 Å². The zero-order chi connectivity index (χ0) is 15.3. The highest BCUT2D eigenvalue weighted by molar-refractivity contribution is 5.30. The first kappa shape index (κ1) is 17.8. The number of hydrazine groups is 1. The van der Waals surface area contributed by atoms with Crippen LogP contribution in [-0.2, 0) is 4.74 Å². The van der Waals surface area contributed by atoms with E-state index in [1.165, 1.54) is 0 Å². The van der Waals surface area contributed by atoms with E-state index < -0.39 is 6.67 Å². The molecule has 0 aliphatic rings. The summed E-state index contributed by atoms with van der Waals surface area (Å²) in [6, 6.07) is 7.81. The summed E-state index contributed by atoms with van der Waals surface area (Å²) in [5.74, 6) is 0.694. The molecule has 6 heteroatoms. The van der Waals surface area contributed by atoms with Gasteiger partial charge in [-0.3, -0.25) is 16.2 Å². The first-order valence-electron chi connectivity index (χ1n) is 7.27. The lowest BCUT2D eigenvalue weighted by Gasteiger charge is -2.16. The van der Waals surface area contributed by atoms with Crippen LogP contribution in [0.25, 0.3) is 0 Å². The van der Waals surface area contributed by atoms with Crippen molar-refractivity contribution in [3.8, 4) is 5.75 Å². The first-order chi connectivity index (χ1) is 10.3. The van der Waals surface area contributed by atoms with Crippen LogP contribution in [0, 0.1) is 0 Å². The molecule has 0 radical (unpaired) electrons. The molecule has 1 aromatic carbocycles. The smallest absolute Gasteiger partial charge is 0.123 e. The molecule has 0 aliphatic carbocycles. The van der Waals surface area contributed by atoms with Crippen LogP contribution in [0.2, 0.25) is 0 Å². The van der Waals surface area contributed by atoms with Gasteiger partial charge in [0.15, 0.2) is 0 Å². The zero-order valence-electron chi connectivity index (χ0n) is 12.8. The monoisotopic (exact) mass is 299 g/mol. The van der Waals surface area contributed by atoms with Gasteiger partial charge in [0.25, 0.3) is 0 Å². The Labute approximate surface area is 126 Å². The fourth-order valence-corrected chi connectivity index (χ4v) is 1.78. The van der Waals surface area contributed by atoms with Crippen LogP contribution < -0.4 is 20.9 Å². The predicted molar refractivity (Wildman–Crippen MR) is 82.0 cm³/mol. The van der Waals surface area contributed by atoms with Gasteiger partial charge in [0.2, 0.25) is 0 Å². The van der Waals surface area contributed by atoms with E-state index in [9.17, 15) is 4.39 Å². The van der Waals surface area contributed by atoms with Crippen LogP contribution in [-0.4, -0.2) is 40.2 Å². The molecule has 0 bridgehead atoms. The zero-order valence-corrected chi connectivity index (χ0v) is 12.8. The average molecular weight is 299 g/mol. The van der Waals surface area contributed by atoms with Crippen LogP contribution >= 0.6 is 0 Å². The van der Waals surface area contributed by atoms with Crippen molar-refractivity contribution >= 4 is 0 Å². The molecule has 21 heavy (non-hydrogen) atoms. The van der Waals surface area contributed by atoms with E-state index in [0.29, 0.717) is 12.5 Å². The van der Waals surface area contributed by atoms with Crippen LogP contribution in [0.5, 0.6) is 5.75 Å². The molecule has 0 aromatic heterocycles. The van der Waals surface area contributed by atoms with E-state index in [2.05, 4.69) is 23.1 Å². The Kier molecular flexibility index (Phi) is 9.73. The molecule has 120 valence electrons. The third-order valence-corrected chi connectivity index (χ3v) is 2.86. The number of benzene rings is 1. The lowest BCUT2D eigenvalue weighted by Crippen LogP contribution is -2.35. The molecule has 0 aliphatic heterocycles. The van der Waals surface area contributed by atoms with Crippen LogP contribution in [0.4, 0.5) is 4.39 Å². The number of rotatable bonds is 12. The summed E-state index contributed by atoms with van der Waals surface area (Å²) in [4.78, 5) is 0. The normalized spacial score (nSPS) is 12.3. The van der Waals surface area contributed by atoms with Crippen molar-refractivity contribution in [3.63, 3.8) is 0 Å². The van der Waals surface area contributed by atoms with Gasteiger partial charge in [-0.1, -0.05) is 12.1 Å². The SMILES string of the molecule is CNCOCCCNNC(C)c1cccc(OCCF)c1. The Hall–Kier alpha value is -1.21. The number of ether oxygens (including phenoxy) is 2. The fourth-order valence-electron chi connectivity index (χ4n) is 1.78. The maximum atomic E-state index is 12.1. The second kappa shape index (κ2) is 11.4. The van der Waals surface area contributed by atoms with E-state index in [-0.39, 0.29) is 12.6 Å². The summed E-state index contributed by atoms with van der Waals surface area (Å²) in [7, 11) is 1.85. The summed E-state index contributed by atoms with van der Waals surface area (Å²) in [6.07, 6.45) is 0.932. The van der Waals surface area contributed by atoms with Gasteiger partial charge in [0.05, 0.1) is 6.73 Å². The molecule has 0 fully saturated rings. The first-order valence-corrected chi connectivity index (χ1v) is 7.27. The molecule has 1 unspecified atom stereocenters. The third kappa shape index (κ3) is 7.96. The Balaban J connectivity index is 2.23.